The molecule has 0 bridgehead atoms. The number of nitrogens with one attached hydrogen (secondary N) is 1. The quantitative estimate of drug-likeness (QED) is 0.311. The lowest BCUT2D eigenvalue weighted by Gasteiger charge is -2.34. The number of ether oxygens (including phenoxy) is 1. The second-order valence-electron chi connectivity index (χ2n) is 10.4. The second kappa shape index (κ2) is 14.0. The maximum atomic E-state index is 14.2. The van der Waals surface area contributed by atoms with Crippen LogP contribution >= 0.6 is 11.6 Å². The van der Waals surface area contributed by atoms with Crippen LogP contribution in [0.3, 0.4) is 0 Å². The fraction of sp³-hybridized carbons (Fsp3) is 0.355. The number of sulfonamides is 1. The van der Waals surface area contributed by atoms with E-state index < -0.39 is 34.3 Å². The van der Waals surface area contributed by atoms with E-state index in [1.54, 1.807) is 18.2 Å². The van der Waals surface area contributed by atoms with Gasteiger partial charge in [0.2, 0.25) is 21.8 Å². The zero-order valence-electron chi connectivity index (χ0n) is 23.6. The number of halogens is 2. The average molecular weight is 616 g/mol. The van der Waals surface area contributed by atoms with Gasteiger partial charge in [-0.25, -0.2) is 12.8 Å². The van der Waals surface area contributed by atoms with Gasteiger partial charge in [-0.05, 0) is 54.3 Å². The van der Waals surface area contributed by atoms with Crippen LogP contribution in [0.25, 0.3) is 0 Å². The molecule has 1 aliphatic rings. The van der Waals surface area contributed by atoms with Gasteiger partial charge in [0.1, 0.15) is 24.2 Å². The zero-order chi connectivity index (χ0) is 30.3. The van der Waals surface area contributed by atoms with Crippen LogP contribution in [0.5, 0.6) is 5.75 Å². The van der Waals surface area contributed by atoms with Crippen LogP contribution in [-0.4, -0.2) is 57.1 Å². The van der Waals surface area contributed by atoms with Crippen LogP contribution in [0, 0.1) is 5.82 Å². The molecule has 0 unspecified atom stereocenters. The lowest BCUT2D eigenvalue weighted by atomic mass is 10.0. The Morgan fingerprint density at radius 2 is 1.71 bits per heavy atom. The van der Waals surface area contributed by atoms with Crippen molar-refractivity contribution >= 4 is 39.1 Å². The minimum atomic E-state index is -4.00. The van der Waals surface area contributed by atoms with Crippen LogP contribution in [0.1, 0.15) is 36.8 Å². The molecule has 1 N–H and O–H groups in total. The third kappa shape index (κ3) is 8.23. The Morgan fingerprint density at radius 1 is 1.02 bits per heavy atom. The van der Waals surface area contributed by atoms with E-state index in [1.807, 2.05) is 36.4 Å². The Balaban J connectivity index is 1.74. The van der Waals surface area contributed by atoms with Crippen molar-refractivity contribution in [1.82, 2.24) is 10.2 Å². The summed E-state index contributed by atoms with van der Waals surface area (Å²) in [5, 5.41) is 2.85. The maximum Gasteiger partial charge on any atom is 0.244 e. The van der Waals surface area contributed by atoms with Gasteiger partial charge in [0.15, 0.2) is 0 Å². The number of hydrogen-bond acceptors (Lipinski definition) is 5. The van der Waals surface area contributed by atoms with E-state index in [9.17, 15) is 22.4 Å². The second-order valence-corrected chi connectivity index (χ2v) is 12.8. The number of methoxy groups -OCH3 is 1. The van der Waals surface area contributed by atoms with Crippen molar-refractivity contribution in [3.63, 3.8) is 0 Å². The third-order valence-corrected chi connectivity index (χ3v) is 8.76. The number of hydrogen-bond donors (Lipinski definition) is 1. The van der Waals surface area contributed by atoms with E-state index in [4.69, 9.17) is 16.3 Å². The topological polar surface area (TPSA) is 96.0 Å². The summed E-state index contributed by atoms with van der Waals surface area (Å²) >= 11 is 5.95. The first-order valence-corrected chi connectivity index (χ1v) is 16.0. The summed E-state index contributed by atoms with van der Waals surface area (Å²) in [6.07, 6.45) is 4.94. The zero-order valence-corrected chi connectivity index (χ0v) is 25.2. The molecule has 4 rings (SSSR count). The molecule has 42 heavy (non-hydrogen) atoms. The molecule has 3 aromatic rings. The molecule has 0 radical (unpaired) electrons. The summed E-state index contributed by atoms with van der Waals surface area (Å²) in [5.41, 5.74) is 1.58. The molecule has 3 aromatic carbocycles. The van der Waals surface area contributed by atoms with E-state index >= 15 is 0 Å². The molecule has 1 saturated carbocycles. The van der Waals surface area contributed by atoms with Crippen LogP contribution in [0.2, 0.25) is 5.02 Å². The number of amides is 2. The molecule has 1 fully saturated rings. The SMILES string of the molecule is COc1cccc(CN(C(=O)CN(c2ccc(F)c(Cl)c2)S(C)(=O)=O)[C@H](Cc2ccccc2)C(=O)NC2CCCC2)c1. The number of carbonyl (C=O) groups excluding carboxylic acids is 2. The van der Waals surface area contributed by atoms with E-state index in [0.717, 1.165) is 53.9 Å². The Labute approximate surface area is 251 Å². The Hall–Kier alpha value is -3.63. The van der Waals surface area contributed by atoms with Gasteiger partial charge in [0.25, 0.3) is 0 Å². The van der Waals surface area contributed by atoms with Gasteiger partial charge in [-0.1, -0.05) is 66.9 Å². The van der Waals surface area contributed by atoms with Gasteiger partial charge in [-0.3, -0.25) is 13.9 Å². The molecule has 2 amide bonds. The van der Waals surface area contributed by atoms with Crippen molar-refractivity contribution in [3.05, 3.63) is 94.8 Å². The highest BCUT2D eigenvalue weighted by Gasteiger charge is 2.34. The number of anilines is 1. The van der Waals surface area contributed by atoms with Crippen molar-refractivity contribution in [1.29, 1.82) is 0 Å². The molecular weight excluding hydrogens is 581 g/mol. The molecule has 0 spiro atoms. The molecular formula is C31H35ClFN3O5S. The highest BCUT2D eigenvalue weighted by atomic mass is 35.5. The number of nitrogens with zero attached hydrogens (tertiary/aromatic N) is 2. The lowest BCUT2D eigenvalue weighted by Crippen LogP contribution is -2.54. The molecule has 11 heteroatoms. The largest absolute Gasteiger partial charge is 0.497 e. The van der Waals surface area contributed by atoms with Gasteiger partial charge in [0, 0.05) is 19.0 Å². The third-order valence-electron chi connectivity index (χ3n) is 7.33. The van der Waals surface area contributed by atoms with E-state index in [1.165, 1.54) is 18.1 Å². The summed E-state index contributed by atoms with van der Waals surface area (Å²) in [7, 11) is -2.46. The summed E-state index contributed by atoms with van der Waals surface area (Å²) in [6.45, 7) is -0.597. The smallest absolute Gasteiger partial charge is 0.244 e. The van der Waals surface area contributed by atoms with Crippen molar-refractivity contribution in [2.24, 2.45) is 0 Å². The van der Waals surface area contributed by atoms with Crippen molar-refractivity contribution in [3.8, 4) is 5.75 Å². The Kier molecular flexibility index (Phi) is 10.5. The van der Waals surface area contributed by atoms with Crippen LogP contribution in [0.4, 0.5) is 10.1 Å². The van der Waals surface area contributed by atoms with Gasteiger partial charge in [-0.2, -0.15) is 0 Å². The van der Waals surface area contributed by atoms with Gasteiger partial charge in [0.05, 0.1) is 24.1 Å². The van der Waals surface area contributed by atoms with Crippen molar-refractivity contribution < 1.29 is 27.1 Å². The summed E-state index contributed by atoms with van der Waals surface area (Å²) < 4.78 is 45.9. The predicted molar refractivity (Wildman–Crippen MR) is 161 cm³/mol. The number of benzene rings is 3. The molecule has 0 heterocycles. The first-order chi connectivity index (χ1) is 20.0. The monoisotopic (exact) mass is 615 g/mol. The standard InChI is InChI=1S/C31H35ClFN3O5S/c1-41-26-14-8-11-23(17-26)20-35(30(37)21-36(42(2,39)40)25-15-16-28(33)27(32)19-25)29(18-22-9-4-3-5-10-22)31(38)34-24-12-6-7-13-24/h3-5,8-11,14-17,19,24,29H,6-7,12-13,18,20-21H2,1-2H3,(H,34,38)/t29-/m1/s1. The maximum absolute atomic E-state index is 14.2. The van der Waals surface area contributed by atoms with Gasteiger partial charge >= 0.3 is 0 Å². The fourth-order valence-corrected chi connectivity index (χ4v) is 6.16. The first kappa shape index (κ1) is 31.3. The highest BCUT2D eigenvalue weighted by molar-refractivity contribution is 7.92. The Morgan fingerprint density at radius 3 is 2.36 bits per heavy atom. The van der Waals surface area contributed by atoms with Gasteiger partial charge in [-0.15, -0.1) is 0 Å². The fourth-order valence-electron chi connectivity index (χ4n) is 5.14. The van der Waals surface area contributed by atoms with E-state index in [-0.39, 0.29) is 35.6 Å². The summed E-state index contributed by atoms with van der Waals surface area (Å²) in [6, 6.07) is 19.0. The summed E-state index contributed by atoms with van der Waals surface area (Å²) in [5.74, 6) is -1.05. The predicted octanol–water partition coefficient (Wildman–Crippen LogP) is 4.95. The molecule has 0 aliphatic heterocycles. The molecule has 1 aliphatic carbocycles. The van der Waals surface area contributed by atoms with E-state index in [0.29, 0.717) is 11.3 Å². The van der Waals surface area contributed by atoms with Crippen LogP contribution in [-0.2, 0) is 32.6 Å². The van der Waals surface area contributed by atoms with Crippen molar-refractivity contribution in [2.75, 3.05) is 24.2 Å². The normalized spacial score (nSPS) is 14.3. The van der Waals surface area contributed by atoms with Crippen molar-refractivity contribution in [2.45, 2.75) is 50.7 Å². The highest BCUT2D eigenvalue weighted by Crippen LogP contribution is 2.26. The minimum Gasteiger partial charge on any atom is -0.497 e. The molecule has 0 aromatic heterocycles. The Bertz CT molecular complexity index is 1500. The van der Waals surface area contributed by atoms with E-state index in [2.05, 4.69) is 5.32 Å². The molecule has 1 atom stereocenters. The minimum absolute atomic E-state index is 0.0124. The number of rotatable bonds is 12. The molecule has 8 nitrogen and oxygen atoms in total. The molecule has 0 saturated heterocycles. The first-order valence-electron chi connectivity index (χ1n) is 13.7. The van der Waals surface area contributed by atoms with Gasteiger partial charge < -0.3 is 15.0 Å². The number of carbonyl (C=O) groups is 2. The summed E-state index contributed by atoms with van der Waals surface area (Å²) in [4.78, 5) is 29.4. The van der Waals surface area contributed by atoms with Crippen LogP contribution < -0.4 is 14.4 Å². The average Bonchev–Trinajstić information content (AvgIpc) is 3.48. The lowest BCUT2D eigenvalue weighted by molar-refractivity contribution is -0.140. The molecule has 224 valence electrons. The van der Waals surface area contributed by atoms with Crippen LogP contribution in [0.15, 0.2) is 72.8 Å².